The van der Waals surface area contributed by atoms with Crippen molar-refractivity contribution in [3.63, 3.8) is 0 Å². The van der Waals surface area contributed by atoms with Crippen molar-refractivity contribution < 1.29 is 10.6 Å². The molecule has 0 spiro atoms. The van der Waals surface area contributed by atoms with Crippen LogP contribution in [0.3, 0.4) is 0 Å². The second-order valence-corrected chi connectivity index (χ2v) is 9.59. The van der Waals surface area contributed by atoms with Crippen molar-refractivity contribution in [3.05, 3.63) is 12.7 Å². The Morgan fingerprint density at radius 3 is 2.80 bits per heavy atom. The third-order valence-corrected chi connectivity index (χ3v) is 3.54. The first kappa shape index (κ1) is 11.1. The predicted octanol–water partition coefficient (Wildman–Crippen LogP) is 3.30. The summed E-state index contributed by atoms with van der Waals surface area (Å²) in [5, 5.41) is 0. The molecule has 0 radical (unpaired) electrons. The van der Waals surface area contributed by atoms with E-state index < -0.39 is 20.3 Å². The maximum atomic E-state index is 12.2. The summed E-state index contributed by atoms with van der Waals surface area (Å²) in [5.41, 5.74) is -0.739. The highest BCUT2D eigenvalue weighted by Crippen LogP contribution is 2.34. The molecule has 3 heteroatoms. The molecule has 0 heterocycles. The largest absolute Gasteiger partial charge is 0.405 e. The fourth-order valence-corrected chi connectivity index (χ4v) is 3.55. The van der Waals surface area contributed by atoms with Gasteiger partial charge in [-0.05, 0) is 38.9 Å². The van der Waals surface area contributed by atoms with Gasteiger partial charge < -0.3 is 4.43 Å². The van der Waals surface area contributed by atoms with Crippen LogP contribution in [0, 0.1) is 0 Å². The molecule has 2 atom stereocenters. The number of hydrogen-bond donors (Lipinski definition) is 0. The molecule has 0 amide bonds. The molecule has 1 fully saturated rings. The van der Waals surface area contributed by atoms with Crippen molar-refractivity contribution in [1.82, 2.24) is 0 Å². The Labute approximate surface area is 95.2 Å². The highest BCUT2D eigenvalue weighted by molar-refractivity contribution is 6.70. The summed E-state index contributed by atoms with van der Waals surface area (Å²) < 4.78 is 13.9. The normalized spacial score (nSPS) is 33.7. The Kier molecular flexibility index (Phi) is 3.41. The molecule has 1 aliphatic carbocycles. The van der Waals surface area contributed by atoms with Crippen LogP contribution in [0.25, 0.3) is 0 Å². The van der Waals surface area contributed by atoms with Gasteiger partial charge in [0, 0.05) is 14.2 Å². The molecule has 1 saturated carbocycles. The molecular formula is C12H22O2Si. The van der Waals surface area contributed by atoms with Crippen molar-refractivity contribution in [1.29, 1.82) is 0 Å². The van der Waals surface area contributed by atoms with E-state index in [0.717, 1.165) is 12.8 Å². The van der Waals surface area contributed by atoms with Crippen LogP contribution >= 0.6 is 0 Å². The zero-order valence-electron chi connectivity index (χ0n) is 11.0. The highest BCUT2D eigenvalue weighted by atomic mass is 28.4. The Hall–Kier alpha value is -0.413. The Balaban J connectivity index is 2.94. The average Bonchev–Trinajstić information content (AvgIpc) is 2.12. The molecule has 0 N–H and O–H groups in total. The van der Waals surface area contributed by atoms with Gasteiger partial charge in [-0.25, -0.2) is 0 Å². The van der Waals surface area contributed by atoms with Gasteiger partial charge in [0.25, 0.3) is 0 Å². The minimum absolute atomic E-state index is 0.0407. The van der Waals surface area contributed by atoms with Gasteiger partial charge in [0.05, 0.1) is 0 Å². The molecule has 15 heavy (non-hydrogen) atoms. The van der Waals surface area contributed by atoms with Gasteiger partial charge in [0.15, 0.2) is 14.1 Å². The monoisotopic (exact) mass is 227 g/mol. The van der Waals surface area contributed by atoms with Crippen LogP contribution in [0.2, 0.25) is 19.6 Å². The second kappa shape index (κ2) is 4.62. The minimum atomic E-state index is -1.78. The van der Waals surface area contributed by atoms with E-state index >= 15 is 0 Å². The molecule has 0 aromatic heterocycles. The molecule has 0 aromatic rings. The summed E-state index contributed by atoms with van der Waals surface area (Å²) in [4.78, 5) is 12.2. The first-order chi connectivity index (χ1) is 7.31. The van der Waals surface area contributed by atoms with Crippen LogP contribution in [0.1, 0.15) is 33.5 Å². The van der Waals surface area contributed by atoms with Crippen LogP contribution in [0.5, 0.6) is 0 Å². The van der Waals surface area contributed by atoms with E-state index in [-0.39, 0.29) is 5.78 Å². The van der Waals surface area contributed by atoms with E-state index in [1.165, 1.54) is 0 Å². The van der Waals surface area contributed by atoms with Gasteiger partial charge in [-0.3, -0.25) is 4.79 Å². The molecular weight excluding hydrogens is 204 g/mol. The number of hydrogen-bond acceptors (Lipinski definition) is 2. The van der Waals surface area contributed by atoms with Crippen LogP contribution in [-0.2, 0) is 9.22 Å². The summed E-state index contributed by atoms with van der Waals surface area (Å²) in [6.07, 6.45) is 4.01. The molecule has 0 bridgehead atoms. The van der Waals surface area contributed by atoms with E-state index in [2.05, 4.69) is 26.2 Å². The Bertz CT molecular complexity index is 285. The van der Waals surface area contributed by atoms with Crippen LogP contribution in [-0.4, -0.2) is 19.7 Å². The van der Waals surface area contributed by atoms with E-state index in [4.69, 9.17) is 5.80 Å². The highest BCUT2D eigenvalue weighted by Gasteiger charge is 2.42. The fourth-order valence-electron chi connectivity index (χ4n) is 2.09. The molecule has 1 aliphatic rings. The lowest BCUT2D eigenvalue weighted by molar-refractivity contribution is -0.138. The summed E-state index contributed by atoms with van der Waals surface area (Å²) in [6, 6.07) is 0. The van der Waals surface area contributed by atoms with Crippen LogP contribution in [0.4, 0.5) is 0 Å². The first-order valence-electron chi connectivity index (χ1n) is 6.16. The molecule has 2 nitrogen and oxygen atoms in total. The summed E-state index contributed by atoms with van der Waals surface area (Å²) in [5.74, 6) is -0.0407. The first-order valence-corrected chi connectivity index (χ1v) is 8.99. The second-order valence-electron chi connectivity index (χ2n) is 5.16. The number of Topliss-reactive ketones (excluding diaryl/α,β-unsaturated/α-hetero) is 1. The molecule has 0 saturated heterocycles. The third-order valence-electron chi connectivity index (χ3n) is 2.54. The van der Waals surface area contributed by atoms with Gasteiger partial charge in [0.2, 0.25) is 0 Å². The molecule has 86 valence electrons. The average molecular weight is 227 g/mol. The van der Waals surface area contributed by atoms with Gasteiger partial charge in [-0.15, -0.1) is 6.58 Å². The summed E-state index contributed by atoms with van der Waals surface area (Å²) in [6.45, 7) is 9.96. The molecule has 1 rings (SSSR count). The van der Waals surface area contributed by atoms with Gasteiger partial charge in [-0.2, -0.15) is 0 Å². The fraction of sp³-hybridized carbons (Fsp3) is 0.750. The molecule has 0 unspecified atom stereocenters. The number of carbonyl (C=O) groups is 1. The zero-order chi connectivity index (χ0) is 12.4. The SMILES string of the molecule is [2H][C@@H]1CCC[C@@](CC=C)(O[Si](C)(C)C)C1=O. The smallest absolute Gasteiger partial charge is 0.185 e. The maximum Gasteiger partial charge on any atom is 0.185 e. The van der Waals surface area contributed by atoms with E-state index in [1.807, 2.05) is 0 Å². The number of rotatable bonds is 4. The van der Waals surface area contributed by atoms with Crippen molar-refractivity contribution in [3.8, 4) is 0 Å². The molecule has 0 aliphatic heterocycles. The van der Waals surface area contributed by atoms with Crippen molar-refractivity contribution >= 4 is 14.1 Å². The van der Waals surface area contributed by atoms with E-state index in [0.29, 0.717) is 12.8 Å². The van der Waals surface area contributed by atoms with E-state index in [9.17, 15) is 4.79 Å². The standard InChI is InChI=1S/C12H22O2Si/c1-5-9-12(14-15(2,3)4)10-7-6-8-11(12)13/h5H,1,6-10H2,2-4H3/t12-/m1/s1/i8D/t8-,12-. The summed E-state index contributed by atoms with van der Waals surface area (Å²) in [7, 11) is -1.78. The van der Waals surface area contributed by atoms with Gasteiger partial charge in [0.1, 0.15) is 5.60 Å². The van der Waals surface area contributed by atoms with Crippen molar-refractivity contribution in [2.75, 3.05) is 0 Å². The van der Waals surface area contributed by atoms with Gasteiger partial charge >= 0.3 is 0 Å². The topological polar surface area (TPSA) is 26.3 Å². The van der Waals surface area contributed by atoms with Crippen LogP contribution < -0.4 is 0 Å². The maximum absolute atomic E-state index is 12.2. The Morgan fingerprint density at radius 1 is 1.60 bits per heavy atom. The zero-order valence-corrected chi connectivity index (χ0v) is 11.0. The Morgan fingerprint density at radius 2 is 2.27 bits per heavy atom. The number of carbonyl (C=O) groups excluding carboxylic acids is 1. The summed E-state index contributed by atoms with van der Waals surface area (Å²) >= 11 is 0. The van der Waals surface area contributed by atoms with Crippen molar-refractivity contribution in [2.45, 2.75) is 57.3 Å². The quantitative estimate of drug-likeness (QED) is 0.544. The van der Waals surface area contributed by atoms with E-state index in [1.54, 1.807) is 6.08 Å². The van der Waals surface area contributed by atoms with Crippen molar-refractivity contribution in [2.24, 2.45) is 0 Å². The number of ketones is 1. The third kappa shape index (κ3) is 3.28. The van der Waals surface area contributed by atoms with Crippen LogP contribution in [0.15, 0.2) is 12.7 Å². The lowest BCUT2D eigenvalue weighted by Crippen LogP contribution is -2.50. The lowest BCUT2D eigenvalue weighted by atomic mass is 9.81. The lowest BCUT2D eigenvalue weighted by Gasteiger charge is -2.40. The minimum Gasteiger partial charge on any atom is -0.405 e. The predicted molar refractivity (Wildman–Crippen MR) is 65.5 cm³/mol. The molecule has 0 aromatic carbocycles. The van der Waals surface area contributed by atoms with Gasteiger partial charge in [-0.1, -0.05) is 6.08 Å².